The van der Waals surface area contributed by atoms with E-state index in [9.17, 15) is 22.7 Å². The van der Waals surface area contributed by atoms with E-state index >= 15 is 0 Å². The van der Waals surface area contributed by atoms with E-state index in [-0.39, 0.29) is 35.4 Å². The van der Waals surface area contributed by atoms with Crippen molar-refractivity contribution < 1.29 is 22.7 Å². The van der Waals surface area contributed by atoms with Gasteiger partial charge in [-0.05, 0) is 24.3 Å². The van der Waals surface area contributed by atoms with E-state index in [2.05, 4.69) is 5.32 Å². The molecule has 0 aromatic heterocycles. The number of benzene rings is 1. The van der Waals surface area contributed by atoms with Crippen molar-refractivity contribution in [2.45, 2.75) is 17.4 Å². The van der Waals surface area contributed by atoms with Gasteiger partial charge in [0.15, 0.2) is 9.84 Å². The van der Waals surface area contributed by atoms with Crippen molar-refractivity contribution in [2.75, 3.05) is 32.4 Å². The zero-order valence-electron chi connectivity index (χ0n) is 12.9. The number of rotatable bonds is 6. The van der Waals surface area contributed by atoms with Gasteiger partial charge in [-0.25, -0.2) is 12.8 Å². The summed E-state index contributed by atoms with van der Waals surface area (Å²) in [5.41, 5.74) is 0. The van der Waals surface area contributed by atoms with E-state index in [0.717, 1.165) is 12.1 Å². The summed E-state index contributed by atoms with van der Waals surface area (Å²) in [4.78, 5) is 13.3. The zero-order valence-corrected chi connectivity index (χ0v) is 13.7. The van der Waals surface area contributed by atoms with Crippen molar-refractivity contribution in [1.29, 1.82) is 0 Å². The number of nitrogens with zero attached hydrogens (tertiary/aromatic N) is 1. The third kappa shape index (κ3) is 4.73. The fourth-order valence-electron chi connectivity index (χ4n) is 2.67. The van der Waals surface area contributed by atoms with Crippen molar-refractivity contribution in [3.8, 4) is 0 Å². The summed E-state index contributed by atoms with van der Waals surface area (Å²) in [6, 6.07) is 4.73. The molecule has 128 valence electrons. The zero-order chi connectivity index (χ0) is 17.0. The Kier molecular flexibility index (Phi) is 5.72. The van der Waals surface area contributed by atoms with Crippen molar-refractivity contribution in [2.24, 2.45) is 5.92 Å². The quantitative estimate of drug-likeness (QED) is 0.711. The molecule has 0 spiro atoms. The maximum Gasteiger partial charge on any atom is 0.220 e. The molecule has 0 saturated carbocycles. The van der Waals surface area contributed by atoms with Crippen molar-refractivity contribution in [1.82, 2.24) is 10.2 Å². The Labute approximate surface area is 135 Å². The Hall–Kier alpha value is -1.51. The second-order valence-electron chi connectivity index (χ2n) is 5.74. The number of carbonyl (C=O) groups is 1. The molecule has 2 N–H and O–H groups in total. The molecule has 2 rings (SSSR count). The highest BCUT2D eigenvalue weighted by atomic mass is 32.2. The van der Waals surface area contributed by atoms with Gasteiger partial charge >= 0.3 is 0 Å². The van der Waals surface area contributed by atoms with Crippen LogP contribution in [0.5, 0.6) is 0 Å². The summed E-state index contributed by atoms with van der Waals surface area (Å²) < 4.78 is 37.3. The van der Waals surface area contributed by atoms with E-state index in [1.165, 1.54) is 19.2 Å². The lowest BCUT2D eigenvalue weighted by atomic mass is 10.0. The van der Waals surface area contributed by atoms with E-state index in [4.69, 9.17) is 0 Å². The van der Waals surface area contributed by atoms with E-state index in [1.807, 2.05) is 4.90 Å². The number of hydrogen-bond acceptors (Lipinski definition) is 5. The van der Waals surface area contributed by atoms with Crippen LogP contribution in [-0.4, -0.2) is 62.9 Å². The van der Waals surface area contributed by atoms with Crippen molar-refractivity contribution in [3.05, 3.63) is 30.1 Å². The van der Waals surface area contributed by atoms with Gasteiger partial charge in [-0.2, -0.15) is 0 Å². The molecule has 0 aliphatic carbocycles. The minimum atomic E-state index is -3.50. The normalized spacial score (nSPS) is 22.2. The summed E-state index contributed by atoms with van der Waals surface area (Å²) in [6.07, 6.45) is -0.417. The predicted molar refractivity (Wildman–Crippen MR) is 83.1 cm³/mol. The van der Waals surface area contributed by atoms with Gasteiger partial charge in [-0.15, -0.1) is 0 Å². The molecule has 8 heteroatoms. The Balaban J connectivity index is 1.91. The SMILES string of the molecule is CNC(=O)C[C@@H]1CN(CCS(=O)(=O)c2ccc(F)cc2)C[C@H]1O. The van der Waals surface area contributed by atoms with Crippen LogP contribution >= 0.6 is 0 Å². The molecular formula is C15H21FN2O4S. The van der Waals surface area contributed by atoms with Gasteiger partial charge in [0.1, 0.15) is 5.82 Å². The van der Waals surface area contributed by atoms with E-state index < -0.39 is 21.8 Å². The summed E-state index contributed by atoms with van der Waals surface area (Å²) in [5, 5.41) is 12.5. The predicted octanol–water partition coefficient (Wildman–Crippen LogP) is 0.0282. The van der Waals surface area contributed by atoms with Gasteiger partial charge in [0.05, 0.1) is 16.8 Å². The number of aliphatic hydroxyl groups is 1. The highest BCUT2D eigenvalue weighted by Gasteiger charge is 2.33. The van der Waals surface area contributed by atoms with Gasteiger partial charge in [0, 0.05) is 39.0 Å². The molecule has 1 aliphatic heterocycles. The number of hydrogen-bond donors (Lipinski definition) is 2. The molecule has 1 heterocycles. The number of amides is 1. The third-order valence-corrected chi connectivity index (χ3v) is 5.77. The number of nitrogens with one attached hydrogen (secondary N) is 1. The summed E-state index contributed by atoms with van der Waals surface area (Å²) in [7, 11) is -1.96. The standard InChI is InChI=1S/C15H21FN2O4S/c1-17-15(20)8-11-9-18(10-14(11)19)6-7-23(21,22)13-4-2-12(16)3-5-13/h2-5,11,14,19H,6-10H2,1H3,(H,17,20)/t11-,14-/m1/s1. The van der Waals surface area contributed by atoms with Gasteiger partial charge < -0.3 is 10.4 Å². The van der Waals surface area contributed by atoms with Crippen LogP contribution in [0.25, 0.3) is 0 Å². The van der Waals surface area contributed by atoms with Crippen LogP contribution in [0.2, 0.25) is 0 Å². The van der Waals surface area contributed by atoms with Gasteiger partial charge in [-0.3, -0.25) is 9.69 Å². The summed E-state index contributed by atoms with van der Waals surface area (Å²) in [6.45, 7) is 1.09. The first-order valence-corrected chi connectivity index (χ1v) is 9.06. The number of β-amino-alcohol motifs (C(OH)–C–C–N with tert-alkyl or cyclic N) is 1. The third-order valence-electron chi connectivity index (χ3n) is 4.06. The van der Waals surface area contributed by atoms with Crippen LogP contribution < -0.4 is 5.32 Å². The summed E-state index contributed by atoms with van der Waals surface area (Å²) >= 11 is 0. The number of halogens is 1. The lowest BCUT2D eigenvalue weighted by molar-refractivity contribution is -0.122. The largest absolute Gasteiger partial charge is 0.391 e. The van der Waals surface area contributed by atoms with Crippen molar-refractivity contribution >= 4 is 15.7 Å². The fourth-order valence-corrected chi connectivity index (χ4v) is 3.96. The number of sulfone groups is 1. The fraction of sp³-hybridized carbons (Fsp3) is 0.533. The Bertz CT molecular complexity index is 648. The highest BCUT2D eigenvalue weighted by molar-refractivity contribution is 7.91. The molecule has 1 fully saturated rings. The monoisotopic (exact) mass is 344 g/mol. The smallest absolute Gasteiger partial charge is 0.220 e. The lowest BCUT2D eigenvalue weighted by Gasteiger charge is -2.15. The molecule has 1 aromatic rings. The molecular weight excluding hydrogens is 323 g/mol. The molecule has 1 aliphatic rings. The number of carbonyl (C=O) groups excluding carboxylic acids is 1. The average Bonchev–Trinajstić information content (AvgIpc) is 2.86. The van der Waals surface area contributed by atoms with Crippen LogP contribution in [-0.2, 0) is 14.6 Å². The lowest BCUT2D eigenvalue weighted by Crippen LogP contribution is -2.28. The van der Waals surface area contributed by atoms with Gasteiger partial charge in [0.2, 0.25) is 5.91 Å². The van der Waals surface area contributed by atoms with Crippen LogP contribution in [0.3, 0.4) is 0 Å². The molecule has 1 aromatic carbocycles. The minimum Gasteiger partial charge on any atom is -0.391 e. The Morgan fingerprint density at radius 3 is 2.61 bits per heavy atom. The molecule has 1 amide bonds. The molecule has 0 unspecified atom stereocenters. The minimum absolute atomic E-state index is 0.0838. The molecule has 0 radical (unpaired) electrons. The van der Waals surface area contributed by atoms with Gasteiger partial charge in [0.25, 0.3) is 0 Å². The first kappa shape index (κ1) is 17.8. The molecule has 2 atom stereocenters. The number of aliphatic hydroxyl groups excluding tert-OH is 1. The molecule has 0 bridgehead atoms. The summed E-state index contributed by atoms with van der Waals surface area (Å²) in [5.74, 6) is -0.931. The maximum absolute atomic E-state index is 12.9. The van der Waals surface area contributed by atoms with Crippen LogP contribution in [0.15, 0.2) is 29.2 Å². The van der Waals surface area contributed by atoms with Crippen LogP contribution in [0.4, 0.5) is 4.39 Å². The van der Waals surface area contributed by atoms with Crippen LogP contribution in [0.1, 0.15) is 6.42 Å². The highest BCUT2D eigenvalue weighted by Crippen LogP contribution is 2.21. The van der Waals surface area contributed by atoms with Crippen LogP contribution in [0, 0.1) is 11.7 Å². The Morgan fingerprint density at radius 2 is 2.00 bits per heavy atom. The van der Waals surface area contributed by atoms with Gasteiger partial charge in [-0.1, -0.05) is 0 Å². The first-order valence-electron chi connectivity index (χ1n) is 7.41. The van der Waals surface area contributed by atoms with E-state index in [1.54, 1.807) is 0 Å². The molecule has 23 heavy (non-hydrogen) atoms. The van der Waals surface area contributed by atoms with E-state index in [0.29, 0.717) is 13.1 Å². The first-order chi connectivity index (χ1) is 10.8. The second kappa shape index (κ2) is 7.37. The molecule has 6 nitrogen and oxygen atoms in total. The average molecular weight is 344 g/mol. The second-order valence-corrected chi connectivity index (χ2v) is 7.85. The number of likely N-dealkylation sites (tertiary alicyclic amines) is 1. The van der Waals surface area contributed by atoms with Crippen molar-refractivity contribution in [3.63, 3.8) is 0 Å². The molecule has 1 saturated heterocycles. The maximum atomic E-state index is 12.9. The Morgan fingerprint density at radius 1 is 1.35 bits per heavy atom. The topological polar surface area (TPSA) is 86.7 Å².